The first kappa shape index (κ1) is 18.6. The van der Waals surface area contributed by atoms with Crippen molar-refractivity contribution in [2.24, 2.45) is 0 Å². The number of carbonyl (C=O) groups is 1. The zero-order chi connectivity index (χ0) is 18.7. The molecule has 0 aliphatic carbocycles. The monoisotopic (exact) mass is 373 g/mol. The van der Waals surface area contributed by atoms with Crippen LogP contribution in [0.3, 0.4) is 0 Å². The van der Waals surface area contributed by atoms with Crippen LogP contribution >= 0.6 is 11.6 Å². The minimum atomic E-state index is -0.263. The third-order valence-corrected chi connectivity index (χ3v) is 4.97. The van der Waals surface area contributed by atoms with E-state index in [0.29, 0.717) is 22.2 Å². The van der Waals surface area contributed by atoms with Gasteiger partial charge >= 0.3 is 0 Å². The lowest BCUT2D eigenvalue weighted by atomic mass is 10.1. The summed E-state index contributed by atoms with van der Waals surface area (Å²) >= 11 is 6.26. The number of likely N-dealkylation sites (N-methyl/N-ethyl adjacent to an activating group) is 1. The fourth-order valence-electron chi connectivity index (χ4n) is 3.13. The van der Waals surface area contributed by atoms with Gasteiger partial charge in [-0.3, -0.25) is 4.79 Å². The van der Waals surface area contributed by atoms with E-state index in [1.807, 2.05) is 26.0 Å². The lowest BCUT2D eigenvalue weighted by Gasteiger charge is -2.33. The predicted molar refractivity (Wildman–Crippen MR) is 105 cm³/mol. The first-order valence-electron chi connectivity index (χ1n) is 8.85. The standard InChI is InChI=1S/C19H24ClN5O/c1-4-24-5-7-25(8-6-24)19-21-11-15(12-22-19)18(26)23-17-14(3)9-13(2)10-16(17)20/h9-12H,4-8H2,1-3H3,(H,23,26). The topological polar surface area (TPSA) is 61.4 Å². The van der Waals surface area contributed by atoms with E-state index in [0.717, 1.165) is 43.9 Å². The summed E-state index contributed by atoms with van der Waals surface area (Å²) in [6.07, 6.45) is 3.14. The Labute approximate surface area is 159 Å². The smallest absolute Gasteiger partial charge is 0.258 e. The molecule has 1 aliphatic rings. The molecule has 6 nitrogen and oxygen atoms in total. The summed E-state index contributed by atoms with van der Waals surface area (Å²) in [5, 5.41) is 3.39. The number of piperazine rings is 1. The zero-order valence-corrected chi connectivity index (χ0v) is 16.2. The van der Waals surface area contributed by atoms with E-state index in [2.05, 4.69) is 32.0 Å². The second-order valence-electron chi connectivity index (χ2n) is 6.59. The van der Waals surface area contributed by atoms with Crippen LogP contribution < -0.4 is 10.2 Å². The van der Waals surface area contributed by atoms with Crippen molar-refractivity contribution < 1.29 is 4.79 Å². The molecule has 1 saturated heterocycles. The van der Waals surface area contributed by atoms with Gasteiger partial charge in [-0.15, -0.1) is 0 Å². The van der Waals surface area contributed by atoms with Crippen molar-refractivity contribution in [3.63, 3.8) is 0 Å². The number of aromatic nitrogens is 2. The SMILES string of the molecule is CCN1CCN(c2ncc(C(=O)Nc3c(C)cc(C)cc3Cl)cn2)CC1. The van der Waals surface area contributed by atoms with Gasteiger partial charge in [0, 0.05) is 38.6 Å². The largest absolute Gasteiger partial charge is 0.338 e. The summed E-state index contributed by atoms with van der Waals surface area (Å²) in [5.41, 5.74) is 3.02. The highest BCUT2D eigenvalue weighted by molar-refractivity contribution is 6.34. The molecule has 2 heterocycles. The Morgan fingerprint density at radius 2 is 1.81 bits per heavy atom. The lowest BCUT2D eigenvalue weighted by molar-refractivity contribution is 0.102. The number of nitrogens with one attached hydrogen (secondary N) is 1. The number of nitrogens with zero attached hydrogens (tertiary/aromatic N) is 4. The number of amides is 1. The molecule has 0 saturated carbocycles. The van der Waals surface area contributed by atoms with Gasteiger partial charge in [0.25, 0.3) is 5.91 Å². The highest BCUT2D eigenvalue weighted by Gasteiger charge is 2.18. The van der Waals surface area contributed by atoms with Crippen molar-refractivity contribution in [3.05, 3.63) is 46.2 Å². The predicted octanol–water partition coefficient (Wildman–Crippen LogP) is 3.14. The normalized spacial score (nSPS) is 15.2. The van der Waals surface area contributed by atoms with Gasteiger partial charge in [0.2, 0.25) is 5.95 Å². The minimum absolute atomic E-state index is 0.263. The van der Waals surface area contributed by atoms with Gasteiger partial charge in [0.1, 0.15) is 0 Å². The number of aryl methyl sites for hydroxylation is 2. The first-order chi connectivity index (χ1) is 12.5. The summed E-state index contributed by atoms with van der Waals surface area (Å²) in [7, 11) is 0. The molecule has 1 aliphatic heterocycles. The van der Waals surface area contributed by atoms with Gasteiger partial charge in [0.05, 0.1) is 16.3 Å². The maximum absolute atomic E-state index is 12.5. The van der Waals surface area contributed by atoms with Crippen molar-refractivity contribution in [3.8, 4) is 0 Å². The molecule has 2 aromatic rings. The van der Waals surface area contributed by atoms with Gasteiger partial charge < -0.3 is 15.1 Å². The molecule has 1 aromatic carbocycles. The molecule has 0 bridgehead atoms. The quantitative estimate of drug-likeness (QED) is 0.892. The number of hydrogen-bond donors (Lipinski definition) is 1. The van der Waals surface area contributed by atoms with Gasteiger partial charge in [-0.05, 0) is 37.6 Å². The van der Waals surface area contributed by atoms with E-state index in [-0.39, 0.29) is 5.91 Å². The Balaban J connectivity index is 1.68. The highest BCUT2D eigenvalue weighted by Crippen LogP contribution is 2.27. The van der Waals surface area contributed by atoms with E-state index in [9.17, 15) is 4.79 Å². The number of rotatable bonds is 4. The van der Waals surface area contributed by atoms with E-state index in [1.54, 1.807) is 12.4 Å². The summed E-state index contributed by atoms with van der Waals surface area (Å²) < 4.78 is 0. The fourth-order valence-corrected chi connectivity index (χ4v) is 3.49. The van der Waals surface area contributed by atoms with Gasteiger partial charge in [-0.1, -0.05) is 24.6 Å². The zero-order valence-electron chi connectivity index (χ0n) is 15.4. The van der Waals surface area contributed by atoms with Crippen molar-refractivity contribution in [2.75, 3.05) is 42.9 Å². The summed E-state index contributed by atoms with van der Waals surface area (Å²) in [6.45, 7) is 10.9. The Kier molecular flexibility index (Phi) is 5.74. The lowest BCUT2D eigenvalue weighted by Crippen LogP contribution is -2.46. The second-order valence-corrected chi connectivity index (χ2v) is 6.99. The molecule has 0 unspecified atom stereocenters. The van der Waals surface area contributed by atoms with E-state index >= 15 is 0 Å². The average Bonchev–Trinajstić information content (AvgIpc) is 2.64. The molecule has 138 valence electrons. The summed E-state index contributed by atoms with van der Waals surface area (Å²) in [5.74, 6) is 0.406. The Hall–Kier alpha value is -2.18. The Bertz CT molecular complexity index is 762. The average molecular weight is 374 g/mol. The number of carbonyl (C=O) groups excluding carboxylic acids is 1. The molecule has 26 heavy (non-hydrogen) atoms. The maximum Gasteiger partial charge on any atom is 0.258 e. The van der Waals surface area contributed by atoms with Crippen LogP contribution in [0, 0.1) is 13.8 Å². The molecule has 1 fully saturated rings. The third-order valence-electron chi connectivity index (χ3n) is 4.67. The number of hydrogen-bond acceptors (Lipinski definition) is 5. The third kappa shape index (κ3) is 4.14. The number of anilines is 2. The van der Waals surface area contributed by atoms with Crippen LogP contribution in [0.5, 0.6) is 0 Å². The van der Waals surface area contributed by atoms with E-state index < -0.39 is 0 Å². The van der Waals surface area contributed by atoms with Crippen LogP contribution in [0.1, 0.15) is 28.4 Å². The molecular weight excluding hydrogens is 350 g/mol. The van der Waals surface area contributed by atoms with Gasteiger partial charge in [-0.2, -0.15) is 0 Å². The molecule has 1 N–H and O–H groups in total. The molecule has 1 amide bonds. The molecule has 0 radical (unpaired) electrons. The Morgan fingerprint density at radius 1 is 1.15 bits per heavy atom. The fraction of sp³-hybridized carbons (Fsp3) is 0.421. The van der Waals surface area contributed by atoms with Crippen molar-refractivity contribution in [1.82, 2.24) is 14.9 Å². The van der Waals surface area contributed by atoms with Crippen LogP contribution in [0.15, 0.2) is 24.5 Å². The molecular formula is C19H24ClN5O. The minimum Gasteiger partial charge on any atom is -0.338 e. The molecule has 7 heteroatoms. The second kappa shape index (κ2) is 8.01. The molecule has 0 spiro atoms. The maximum atomic E-state index is 12.5. The van der Waals surface area contributed by atoms with Crippen molar-refractivity contribution in [2.45, 2.75) is 20.8 Å². The van der Waals surface area contributed by atoms with Crippen LogP contribution in [-0.4, -0.2) is 53.5 Å². The van der Waals surface area contributed by atoms with Crippen molar-refractivity contribution in [1.29, 1.82) is 0 Å². The van der Waals surface area contributed by atoms with E-state index in [4.69, 9.17) is 11.6 Å². The van der Waals surface area contributed by atoms with E-state index in [1.165, 1.54) is 0 Å². The first-order valence-corrected chi connectivity index (χ1v) is 9.23. The highest BCUT2D eigenvalue weighted by atomic mass is 35.5. The summed E-state index contributed by atoms with van der Waals surface area (Å²) in [4.78, 5) is 25.8. The van der Waals surface area contributed by atoms with Crippen molar-refractivity contribution >= 4 is 29.1 Å². The Morgan fingerprint density at radius 3 is 2.38 bits per heavy atom. The van der Waals surface area contributed by atoms with Crippen LogP contribution in [0.2, 0.25) is 5.02 Å². The summed E-state index contributed by atoms with van der Waals surface area (Å²) in [6, 6.07) is 3.82. The number of halogens is 1. The van der Waals surface area contributed by atoms with Gasteiger partial charge in [-0.25, -0.2) is 9.97 Å². The number of benzene rings is 1. The van der Waals surface area contributed by atoms with Gasteiger partial charge in [0.15, 0.2) is 0 Å². The molecule has 1 aromatic heterocycles. The van der Waals surface area contributed by atoms with Crippen LogP contribution in [0.25, 0.3) is 0 Å². The van der Waals surface area contributed by atoms with Crippen LogP contribution in [-0.2, 0) is 0 Å². The molecule has 0 atom stereocenters. The molecule has 3 rings (SSSR count). The van der Waals surface area contributed by atoms with Crippen LogP contribution in [0.4, 0.5) is 11.6 Å².